The molecule has 1 unspecified atom stereocenters. The number of rotatable bonds is 5. The topological polar surface area (TPSA) is 35.6 Å². The Balaban J connectivity index is 1.74. The highest BCUT2D eigenvalue weighted by molar-refractivity contribution is 5.79. The SMILES string of the molecule is CCN(CC)CC1CCN(C(=O)C2CCCNC2)CC1. The van der Waals surface area contributed by atoms with E-state index >= 15 is 0 Å². The number of hydrogen-bond acceptors (Lipinski definition) is 3. The molecule has 2 saturated heterocycles. The molecule has 4 nitrogen and oxygen atoms in total. The monoisotopic (exact) mass is 281 g/mol. The van der Waals surface area contributed by atoms with Gasteiger partial charge in [0.05, 0.1) is 5.92 Å². The largest absolute Gasteiger partial charge is 0.342 e. The second-order valence-corrected chi connectivity index (χ2v) is 6.30. The molecule has 2 fully saturated rings. The molecule has 20 heavy (non-hydrogen) atoms. The maximum atomic E-state index is 12.5. The van der Waals surface area contributed by atoms with E-state index in [0.29, 0.717) is 5.91 Å². The Morgan fingerprint density at radius 1 is 1.20 bits per heavy atom. The summed E-state index contributed by atoms with van der Waals surface area (Å²) in [4.78, 5) is 17.1. The van der Waals surface area contributed by atoms with Crippen molar-refractivity contribution < 1.29 is 4.79 Å². The van der Waals surface area contributed by atoms with Crippen LogP contribution in [0, 0.1) is 11.8 Å². The summed E-state index contributed by atoms with van der Waals surface area (Å²) in [5.74, 6) is 1.42. The molecule has 2 aliphatic heterocycles. The summed E-state index contributed by atoms with van der Waals surface area (Å²) in [6.45, 7) is 11.9. The predicted octanol–water partition coefficient (Wildman–Crippen LogP) is 1.57. The van der Waals surface area contributed by atoms with Crippen LogP contribution in [0.3, 0.4) is 0 Å². The fraction of sp³-hybridized carbons (Fsp3) is 0.938. The Morgan fingerprint density at radius 3 is 2.45 bits per heavy atom. The average molecular weight is 281 g/mol. The highest BCUT2D eigenvalue weighted by Crippen LogP contribution is 2.21. The zero-order chi connectivity index (χ0) is 14.4. The molecule has 0 aromatic heterocycles. The molecule has 0 aromatic rings. The summed E-state index contributed by atoms with van der Waals surface area (Å²) >= 11 is 0. The van der Waals surface area contributed by atoms with E-state index in [-0.39, 0.29) is 5.92 Å². The number of carbonyl (C=O) groups excluding carboxylic acids is 1. The molecule has 1 N–H and O–H groups in total. The summed E-state index contributed by atoms with van der Waals surface area (Å²) in [7, 11) is 0. The lowest BCUT2D eigenvalue weighted by Gasteiger charge is -2.36. The first-order valence-corrected chi connectivity index (χ1v) is 8.46. The van der Waals surface area contributed by atoms with Gasteiger partial charge in [-0.25, -0.2) is 0 Å². The van der Waals surface area contributed by atoms with Gasteiger partial charge in [-0.15, -0.1) is 0 Å². The minimum Gasteiger partial charge on any atom is -0.342 e. The van der Waals surface area contributed by atoms with E-state index in [0.717, 1.165) is 58.0 Å². The van der Waals surface area contributed by atoms with Gasteiger partial charge < -0.3 is 15.1 Å². The van der Waals surface area contributed by atoms with Gasteiger partial charge in [-0.1, -0.05) is 13.8 Å². The van der Waals surface area contributed by atoms with Crippen molar-refractivity contribution in [3.05, 3.63) is 0 Å². The maximum Gasteiger partial charge on any atom is 0.226 e. The van der Waals surface area contributed by atoms with Gasteiger partial charge in [-0.2, -0.15) is 0 Å². The Kier molecular flexibility index (Phi) is 6.30. The van der Waals surface area contributed by atoms with E-state index in [4.69, 9.17) is 0 Å². The van der Waals surface area contributed by atoms with Crippen LogP contribution in [0.1, 0.15) is 39.5 Å². The van der Waals surface area contributed by atoms with E-state index < -0.39 is 0 Å². The quantitative estimate of drug-likeness (QED) is 0.831. The Hall–Kier alpha value is -0.610. The van der Waals surface area contributed by atoms with Gasteiger partial charge in [0.2, 0.25) is 5.91 Å². The number of nitrogens with zero attached hydrogens (tertiary/aromatic N) is 2. The minimum absolute atomic E-state index is 0.239. The summed E-state index contributed by atoms with van der Waals surface area (Å²) < 4.78 is 0. The Labute approximate surface area is 123 Å². The van der Waals surface area contributed by atoms with Crippen LogP contribution in [0.15, 0.2) is 0 Å². The zero-order valence-electron chi connectivity index (χ0n) is 13.2. The molecular weight excluding hydrogens is 250 g/mol. The van der Waals surface area contributed by atoms with E-state index in [1.54, 1.807) is 0 Å². The molecule has 0 saturated carbocycles. The van der Waals surface area contributed by atoms with Crippen LogP contribution in [0.4, 0.5) is 0 Å². The highest BCUT2D eigenvalue weighted by atomic mass is 16.2. The lowest BCUT2D eigenvalue weighted by Crippen LogP contribution is -2.47. The number of nitrogens with one attached hydrogen (secondary N) is 1. The molecule has 0 aliphatic carbocycles. The first kappa shape index (κ1) is 15.8. The van der Waals surface area contributed by atoms with E-state index in [1.165, 1.54) is 19.4 Å². The first-order chi connectivity index (χ1) is 9.74. The molecule has 116 valence electrons. The fourth-order valence-corrected chi connectivity index (χ4v) is 3.50. The van der Waals surface area contributed by atoms with Crippen molar-refractivity contribution in [1.82, 2.24) is 15.1 Å². The van der Waals surface area contributed by atoms with Crippen LogP contribution in [-0.4, -0.2) is 61.5 Å². The average Bonchev–Trinajstić information content (AvgIpc) is 2.53. The van der Waals surface area contributed by atoms with Crippen LogP contribution in [0.25, 0.3) is 0 Å². The third kappa shape index (κ3) is 4.19. The lowest BCUT2D eigenvalue weighted by molar-refractivity contribution is -0.137. The van der Waals surface area contributed by atoms with Crippen LogP contribution in [0.2, 0.25) is 0 Å². The molecule has 2 heterocycles. The Bertz CT molecular complexity index is 290. The second kappa shape index (κ2) is 7.99. The van der Waals surface area contributed by atoms with Crippen molar-refractivity contribution in [3.63, 3.8) is 0 Å². The third-order valence-corrected chi connectivity index (χ3v) is 4.98. The molecule has 2 rings (SSSR count). The van der Waals surface area contributed by atoms with Crippen LogP contribution >= 0.6 is 0 Å². The predicted molar refractivity (Wildman–Crippen MR) is 82.7 cm³/mol. The van der Waals surface area contributed by atoms with Gasteiger partial charge in [0, 0.05) is 26.2 Å². The summed E-state index contributed by atoms with van der Waals surface area (Å²) in [6.07, 6.45) is 4.59. The standard InChI is InChI=1S/C16H31N3O/c1-3-18(4-2)13-14-7-10-19(11-8-14)16(20)15-6-5-9-17-12-15/h14-15,17H,3-13H2,1-2H3. The molecule has 4 heteroatoms. The second-order valence-electron chi connectivity index (χ2n) is 6.30. The first-order valence-electron chi connectivity index (χ1n) is 8.46. The van der Waals surface area contributed by atoms with Gasteiger partial charge in [0.1, 0.15) is 0 Å². The summed E-state index contributed by atoms with van der Waals surface area (Å²) in [6, 6.07) is 0. The van der Waals surface area contributed by atoms with E-state index in [1.807, 2.05) is 0 Å². The van der Waals surface area contributed by atoms with Gasteiger partial charge in [0.25, 0.3) is 0 Å². The molecule has 2 aliphatic rings. The number of likely N-dealkylation sites (tertiary alicyclic amines) is 1. The van der Waals surface area contributed by atoms with Gasteiger partial charge in [-0.05, 0) is 51.2 Å². The normalized spacial score (nSPS) is 25.1. The van der Waals surface area contributed by atoms with Crippen molar-refractivity contribution >= 4 is 5.91 Å². The van der Waals surface area contributed by atoms with Crippen molar-refractivity contribution in [1.29, 1.82) is 0 Å². The molecule has 0 radical (unpaired) electrons. The number of piperidine rings is 2. The van der Waals surface area contributed by atoms with Crippen molar-refractivity contribution in [2.24, 2.45) is 11.8 Å². The minimum atomic E-state index is 0.239. The molecule has 1 amide bonds. The molecule has 0 aromatic carbocycles. The number of hydrogen-bond donors (Lipinski definition) is 1. The van der Waals surface area contributed by atoms with E-state index in [9.17, 15) is 4.79 Å². The fourth-order valence-electron chi connectivity index (χ4n) is 3.50. The zero-order valence-corrected chi connectivity index (χ0v) is 13.2. The summed E-state index contributed by atoms with van der Waals surface area (Å²) in [5.41, 5.74) is 0. The number of amides is 1. The lowest BCUT2D eigenvalue weighted by atomic mass is 9.93. The van der Waals surface area contributed by atoms with Crippen LogP contribution < -0.4 is 5.32 Å². The van der Waals surface area contributed by atoms with Crippen LogP contribution in [-0.2, 0) is 4.79 Å². The third-order valence-electron chi connectivity index (χ3n) is 4.98. The smallest absolute Gasteiger partial charge is 0.226 e. The van der Waals surface area contributed by atoms with Crippen molar-refractivity contribution in [2.45, 2.75) is 39.5 Å². The number of carbonyl (C=O) groups is 1. The Morgan fingerprint density at radius 2 is 1.90 bits per heavy atom. The highest BCUT2D eigenvalue weighted by Gasteiger charge is 2.29. The molecular formula is C16H31N3O. The van der Waals surface area contributed by atoms with Crippen LogP contribution in [0.5, 0.6) is 0 Å². The van der Waals surface area contributed by atoms with Gasteiger partial charge in [0.15, 0.2) is 0 Å². The van der Waals surface area contributed by atoms with E-state index in [2.05, 4.69) is 29.0 Å². The molecule has 0 spiro atoms. The molecule has 0 bridgehead atoms. The van der Waals surface area contributed by atoms with Gasteiger partial charge in [-0.3, -0.25) is 4.79 Å². The van der Waals surface area contributed by atoms with Crippen molar-refractivity contribution in [3.8, 4) is 0 Å². The van der Waals surface area contributed by atoms with Crippen molar-refractivity contribution in [2.75, 3.05) is 45.8 Å². The van der Waals surface area contributed by atoms with Gasteiger partial charge >= 0.3 is 0 Å². The maximum absolute atomic E-state index is 12.5. The summed E-state index contributed by atoms with van der Waals surface area (Å²) in [5, 5.41) is 3.35. The molecule has 1 atom stereocenters.